The molecule has 6 heterocycles. The number of phenolic OH excluding ortho intramolecular Hbond substituents is 1. The molecular weight excluding hydrogens is 711 g/mol. The van der Waals surface area contributed by atoms with Crippen LogP contribution in [0.1, 0.15) is 99.2 Å². The number of H-pyrrole nitrogens is 1. The lowest BCUT2D eigenvalue weighted by Gasteiger charge is -2.61. The molecular formula is C42H57N9O5. The van der Waals surface area contributed by atoms with Crippen molar-refractivity contribution in [1.29, 1.82) is 0 Å². The minimum absolute atomic E-state index is 0.0326. The van der Waals surface area contributed by atoms with Gasteiger partial charge in [0, 0.05) is 96.6 Å². The highest BCUT2D eigenvalue weighted by Gasteiger charge is 2.56. The quantitative estimate of drug-likeness (QED) is 0.189. The van der Waals surface area contributed by atoms with E-state index in [4.69, 9.17) is 30.9 Å². The van der Waals surface area contributed by atoms with Gasteiger partial charge in [0.05, 0.1) is 12.6 Å². The van der Waals surface area contributed by atoms with Crippen LogP contribution in [-0.2, 0) is 20.7 Å². The van der Waals surface area contributed by atoms with E-state index in [1.54, 1.807) is 25.1 Å². The molecule has 0 bridgehead atoms. The van der Waals surface area contributed by atoms with Gasteiger partial charge in [-0.3, -0.25) is 0 Å². The van der Waals surface area contributed by atoms with Crippen molar-refractivity contribution in [3.05, 3.63) is 64.6 Å². The topological polar surface area (TPSA) is 188 Å². The summed E-state index contributed by atoms with van der Waals surface area (Å²) < 4.78 is 10.9. The van der Waals surface area contributed by atoms with Gasteiger partial charge in [-0.25, -0.2) is 19.6 Å². The molecule has 1 aliphatic carbocycles. The van der Waals surface area contributed by atoms with Crippen molar-refractivity contribution < 1.29 is 24.2 Å². The molecule has 2 unspecified atom stereocenters. The van der Waals surface area contributed by atoms with Gasteiger partial charge in [-0.1, -0.05) is 19.1 Å². The number of aromatic hydroxyl groups is 1. The molecule has 1 spiro atoms. The number of carbonyl (C=O) groups is 2. The Hall–Kier alpha value is -4.82. The number of aromatic amines is 1. The monoisotopic (exact) mass is 767 g/mol. The maximum absolute atomic E-state index is 13.3. The number of benzene rings is 1. The second kappa shape index (κ2) is 15.3. The summed E-state index contributed by atoms with van der Waals surface area (Å²) in [6, 6.07) is 6.71. The number of amides is 2. The van der Waals surface area contributed by atoms with E-state index >= 15 is 0 Å². The average Bonchev–Trinajstić information content (AvgIpc) is 3.48. The van der Waals surface area contributed by atoms with Crippen LogP contribution in [0.25, 0.3) is 11.8 Å². The number of phenols is 1. The fourth-order valence-electron chi connectivity index (χ4n) is 9.98. The number of esters is 1. The minimum Gasteiger partial charge on any atom is -0.507 e. The number of fused-ring (bicyclic) bond motifs is 1. The van der Waals surface area contributed by atoms with Crippen molar-refractivity contribution in [2.75, 3.05) is 63.2 Å². The number of aromatic nitrogens is 3. The lowest BCUT2D eigenvalue weighted by molar-refractivity contribution is -0.151. The number of nitrogens with one attached hydrogen (secondary N) is 2. The number of anilines is 2. The van der Waals surface area contributed by atoms with E-state index in [0.717, 1.165) is 81.6 Å². The zero-order chi connectivity index (χ0) is 39.2. The fraction of sp³-hybridized carbons (Fsp3) is 0.571. The summed E-state index contributed by atoms with van der Waals surface area (Å²) in [5, 5.41) is 13.4. The number of rotatable bonds is 9. The van der Waals surface area contributed by atoms with Crippen LogP contribution in [0.15, 0.2) is 36.7 Å². The molecule has 4 aliphatic heterocycles. The number of nitrogens with zero attached hydrogens (tertiary/aromatic N) is 5. The molecule has 2 amide bonds. The summed E-state index contributed by atoms with van der Waals surface area (Å²) in [6.45, 7) is 11.8. The standard InChI is InChI=1S/C42H57N9O5/c1-4-56-38(53)36(41(3)12-17-55-18-13-41)48-40(54)50-24-42(25-50)20-29(21-42)49-14-9-27(10-15-49)28-22-45-39(46-23-28)51-16-11-33-35(26(51)2)31(37(44)47-33)19-32(43)30-7-5-6-8-34(30)52/h5-8,19,22-23,26-27,29,36,47,52H,4,9-18,20-21,24-25,43-44H2,1-3H3,(H,48,54)/b32-19-. The molecule has 0 radical (unpaired) electrons. The second-order valence-corrected chi connectivity index (χ2v) is 17.0. The van der Waals surface area contributed by atoms with Gasteiger partial charge in [0.2, 0.25) is 5.95 Å². The first kappa shape index (κ1) is 38.1. The maximum Gasteiger partial charge on any atom is 0.329 e. The van der Waals surface area contributed by atoms with Crippen molar-refractivity contribution in [2.24, 2.45) is 16.6 Å². The van der Waals surface area contributed by atoms with Crippen molar-refractivity contribution in [1.82, 2.24) is 30.1 Å². The van der Waals surface area contributed by atoms with Crippen LogP contribution in [0.4, 0.5) is 16.6 Å². The van der Waals surface area contributed by atoms with E-state index < -0.39 is 6.04 Å². The molecule has 14 heteroatoms. The fourth-order valence-corrected chi connectivity index (χ4v) is 9.98. The van der Waals surface area contributed by atoms with Crippen LogP contribution in [0.3, 0.4) is 0 Å². The molecule has 2 aromatic heterocycles. The normalized spacial score (nSPS) is 23.2. The highest BCUT2D eigenvalue weighted by molar-refractivity contribution is 5.87. The zero-order valence-corrected chi connectivity index (χ0v) is 32.9. The molecule has 1 saturated carbocycles. The lowest BCUT2D eigenvalue weighted by atomic mass is 9.60. The lowest BCUT2D eigenvalue weighted by Crippen LogP contribution is -2.70. The summed E-state index contributed by atoms with van der Waals surface area (Å²) in [5.41, 5.74) is 17.9. The summed E-state index contributed by atoms with van der Waals surface area (Å²) in [6.07, 6.45) is 12.4. The number of nitrogens with two attached hydrogens (primary N) is 2. The Bertz CT molecular complexity index is 1940. The van der Waals surface area contributed by atoms with E-state index in [0.29, 0.717) is 61.0 Å². The van der Waals surface area contributed by atoms with Crippen LogP contribution in [-0.4, -0.2) is 106 Å². The summed E-state index contributed by atoms with van der Waals surface area (Å²) in [7, 11) is 0. The van der Waals surface area contributed by atoms with Crippen LogP contribution < -0.4 is 21.7 Å². The number of hydrogen-bond acceptors (Lipinski definition) is 11. The molecule has 2 atom stereocenters. The van der Waals surface area contributed by atoms with Gasteiger partial charge >= 0.3 is 12.0 Å². The number of nitrogen functional groups attached to an aromatic ring is 1. The largest absolute Gasteiger partial charge is 0.507 e. The van der Waals surface area contributed by atoms with Crippen LogP contribution in [0, 0.1) is 10.8 Å². The number of likely N-dealkylation sites (tertiary alicyclic amines) is 2. The number of para-hydroxylation sites is 1. The number of urea groups is 1. The Kier molecular flexibility index (Phi) is 10.4. The Morgan fingerprint density at radius 3 is 2.50 bits per heavy atom. The number of carbonyl (C=O) groups excluding carboxylic acids is 2. The predicted molar refractivity (Wildman–Crippen MR) is 215 cm³/mol. The molecule has 56 heavy (non-hydrogen) atoms. The number of ether oxygens (including phenoxy) is 2. The van der Waals surface area contributed by atoms with Gasteiger partial charge in [0.15, 0.2) is 0 Å². The summed E-state index contributed by atoms with van der Waals surface area (Å²) >= 11 is 0. The zero-order valence-electron chi connectivity index (χ0n) is 32.9. The molecule has 1 aromatic carbocycles. The number of hydrogen-bond donors (Lipinski definition) is 5. The first-order valence-corrected chi connectivity index (χ1v) is 20.4. The summed E-state index contributed by atoms with van der Waals surface area (Å²) in [4.78, 5) is 46.1. The van der Waals surface area contributed by atoms with Crippen LogP contribution in [0.5, 0.6) is 5.75 Å². The molecule has 8 rings (SSSR count). The first-order valence-electron chi connectivity index (χ1n) is 20.4. The van der Waals surface area contributed by atoms with Gasteiger partial charge in [0.1, 0.15) is 17.6 Å². The van der Waals surface area contributed by atoms with Gasteiger partial charge in [-0.05, 0) is 95.2 Å². The third kappa shape index (κ3) is 7.17. The SMILES string of the molecule is CCOC(=O)C(NC(=O)N1CC2(CC(N3CCC(c4cnc(N5CCc6[nH]c(N)c(/C=C(\N)c7ccccc7O)c6C5C)nc4)CC3)C2)C1)C1(C)CCOCC1. The minimum atomic E-state index is -0.674. The van der Waals surface area contributed by atoms with Gasteiger partial charge in [-0.15, -0.1) is 0 Å². The Morgan fingerprint density at radius 2 is 1.82 bits per heavy atom. The van der Waals surface area contributed by atoms with Gasteiger partial charge in [0.25, 0.3) is 0 Å². The van der Waals surface area contributed by atoms with Gasteiger partial charge in [-0.2, -0.15) is 0 Å². The first-order chi connectivity index (χ1) is 27.0. The third-order valence-corrected chi connectivity index (χ3v) is 13.4. The summed E-state index contributed by atoms with van der Waals surface area (Å²) in [5.74, 6) is 1.45. The molecule has 3 aromatic rings. The number of piperidine rings is 1. The van der Waals surface area contributed by atoms with E-state index in [-0.39, 0.29) is 41.2 Å². The molecule has 14 nitrogen and oxygen atoms in total. The predicted octanol–water partition coefficient (Wildman–Crippen LogP) is 4.77. The Labute approximate surface area is 329 Å². The smallest absolute Gasteiger partial charge is 0.329 e. The third-order valence-electron chi connectivity index (χ3n) is 13.4. The Balaban J connectivity index is 0.823. The maximum atomic E-state index is 13.3. The van der Waals surface area contributed by atoms with Crippen molar-refractivity contribution >= 4 is 35.5 Å². The molecule has 5 aliphatic rings. The average molecular weight is 768 g/mol. The van der Waals surface area contributed by atoms with E-state index in [9.17, 15) is 14.7 Å². The molecule has 7 N–H and O–H groups in total. The van der Waals surface area contributed by atoms with Crippen molar-refractivity contribution in [3.63, 3.8) is 0 Å². The molecule has 3 saturated heterocycles. The van der Waals surface area contributed by atoms with Gasteiger partial charge < -0.3 is 51.0 Å². The Morgan fingerprint density at radius 1 is 1.12 bits per heavy atom. The molecule has 300 valence electrons. The van der Waals surface area contributed by atoms with E-state index in [2.05, 4.69) is 33.9 Å². The molecule has 4 fully saturated rings. The van der Waals surface area contributed by atoms with E-state index in [1.165, 1.54) is 5.56 Å². The van der Waals surface area contributed by atoms with Crippen molar-refractivity contribution in [3.8, 4) is 5.75 Å². The highest BCUT2D eigenvalue weighted by Crippen LogP contribution is 2.51. The highest BCUT2D eigenvalue weighted by atomic mass is 16.5. The second-order valence-electron chi connectivity index (χ2n) is 17.0. The van der Waals surface area contributed by atoms with Crippen LogP contribution in [0.2, 0.25) is 0 Å². The van der Waals surface area contributed by atoms with Crippen molar-refractivity contribution in [2.45, 2.75) is 89.8 Å². The van der Waals surface area contributed by atoms with Crippen LogP contribution >= 0.6 is 0 Å². The van der Waals surface area contributed by atoms with E-state index in [1.807, 2.05) is 29.4 Å².